The molecule has 0 radical (unpaired) electrons. The average molecular weight is 359 g/mol. The second-order valence-electron chi connectivity index (χ2n) is 5.43. The predicted octanol–water partition coefficient (Wildman–Crippen LogP) is 5.43. The Morgan fingerprint density at radius 3 is 2.44 bits per heavy atom. The van der Waals surface area contributed by atoms with Gasteiger partial charge in [0.1, 0.15) is 17.4 Å². The second-order valence-corrected chi connectivity index (χ2v) is 5.86. The molecule has 0 aliphatic rings. The van der Waals surface area contributed by atoms with E-state index in [9.17, 15) is 13.6 Å². The Balaban J connectivity index is 1.88. The summed E-state index contributed by atoms with van der Waals surface area (Å²) in [5.41, 5.74) is 1.37. The van der Waals surface area contributed by atoms with E-state index in [-0.39, 0.29) is 11.3 Å². The third-order valence-corrected chi connectivity index (χ3v) is 3.85. The standard InChI is InChI=1S/C20H13ClF2O2/c21-15-6-9-19(14(11-15)10-13-4-2-1-3-5-13)25-20(24)17-8-7-16(22)12-18(17)23/h1-9,11-12H,10H2. The Bertz CT molecular complexity index is 911. The molecule has 0 heterocycles. The van der Waals surface area contributed by atoms with Crippen LogP contribution in [0.25, 0.3) is 0 Å². The van der Waals surface area contributed by atoms with E-state index in [0.29, 0.717) is 23.1 Å². The van der Waals surface area contributed by atoms with Gasteiger partial charge in [-0.1, -0.05) is 41.9 Å². The van der Waals surface area contributed by atoms with E-state index in [0.717, 1.165) is 17.7 Å². The van der Waals surface area contributed by atoms with Crippen LogP contribution in [0.1, 0.15) is 21.5 Å². The molecule has 3 aromatic carbocycles. The number of hydrogen-bond donors (Lipinski definition) is 0. The van der Waals surface area contributed by atoms with Gasteiger partial charge in [-0.15, -0.1) is 0 Å². The molecule has 0 saturated carbocycles. The van der Waals surface area contributed by atoms with E-state index >= 15 is 0 Å². The van der Waals surface area contributed by atoms with Gasteiger partial charge >= 0.3 is 5.97 Å². The van der Waals surface area contributed by atoms with Crippen LogP contribution in [0, 0.1) is 11.6 Å². The van der Waals surface area contributed by atoms with Gasteiger partial charge in [-0.25, -0.2) is 13.6 Å². The van der Waals surface area contributed by atoms with Crippen molar-refractivity contribution in [3.05, 3.63) is 100 Å². The number of benzene rings is 3. The summed E-state index contributed by atoms with van der Waals surface area (Å²) in [6.45, 7) is 0. The van der Waals surface area contributed by atoms with Gasteiger partial charge in [0.25, 0.3) is 0 Å². The van der Waals surface area contributed by atoms with E-state index < -0.39 is 17.6 Å². The molecule has 0 aromatic heterocycles. The highest BCUT2D eigenvalue weighted by Gasteiger charge is 2.17. The van der Waals surface area contributed by atoms with E-state index in [1.165, 1.54) is 0 Å². The number of rotatable bonds is 4. The zero-order valence-corrected chi connectivity index (χ0v) is 13.8. The first-order valence-corrected chi connectivity index (χ1v) is 7.90. The van der Waals surface area contributed by atoms with Crippen molar-refractivity contribution in [1.82, 2.24) is 0 Å². The summed E-state index contributed by atoms with van der Waals surface area (Å²) in [5.74, 6) is -2.34. The van der Waals surface area contributed by atoms with E-state index in [4.69, 9.17) is 16.3 Å². The summed E-state index contributed by atoms with van der Waals surface area (Å²) in [7, 11) is 0. The summed E-state index contributed by atoms with van der Waals surface area (Å²) < 4.78 is 32.1. The van der Waals surface area contributed by atoms with Crippen LogP contribution >= 0.6 is 11.6 Å². The lowest BCUT2D eigenvalue weighted by Crippen LogP contribution is -2.12. The second kappa shape index (κ2) is 7.45. The number of halogens is 3. The maximum Gasteiger partial charge on any atom is 0.346 e. The molecule has 0 unspecified atom stereocenters. The first-order valence-electron chi connectivity index (χ1n) is 7.52. The molecule has 0 atom stereocenters. The average Bonchev–Trinajstić information content (AvgIpc) is 2.58. The van der Waals surface area contributed by atoms with Crippen LogP contribution in [0.4, 0.5) is 8.78 Å². The van der Waals surface area contributed by atoms with Crippen molar-refractivity contribution in [1.29, 1.82) is 0 Å². The Morgan fingerprint density at radius 2 is 1.72 bits per heavy atom. The third kappa shape index (κ3) is 4.22. The minimum Gasteiger partial charge on any atom is -0.423 e. The lowest BCUT2D eigenvalue weighted by Gasteiger charge is -2.11. The lowest BCUT2D eigenvalue weighted by atomic mass is 10.0. The summed E-state index contributed by atoms with van der Waals surface area (Å²) >= 11 is 6.04. The van der Waals surface area contributed by atoms with Crippen LogP contribution in [-0.2, 0) is 6.42 Å². The molecular weight excluding hydrogens is 346 g/mol. The van der Waals surface area contributed by atoms with Crippen molar-refractivity contribution in [2.75, 3.05) is 0 Å². The van der Waals surface area contributed by atoms with Gasteiger partial charge in [0.2, 0.25) is 0 Å². The van der Waals surface area contributed by atoms with Crippen molar-refractivity contribution < 1.29 is 18.3 Å². The summed E-state index contributed by atoms with van der Waals surface area (Å²) in [5, 5.41) is 0.499. The van der Waals surface area contributed by atoms with E-state index in [1.54, 1.807) is 18.2 Å². The fourth-order valence-corrected chi connectivity index (χ4v) is 2.61. The maximum atomic E-state index is 13.8. The Kier molecular flexibility index (Phi) is 5.10. The Hall–Kier alpha value is -2.72. The molecule has 0 bridgehead atoms. The number of carbonyl (C=O) groups is 1. The molecule has 0 aliphatic carbocycles. The Labute approximate surface area is 148 Å². The minimum absolute atomic E-state index is 0.280. The Morgan fingerprint density at radius 1 is 0.960 bits per heavy atom. The van der Waals surface area contributed by atoms with Crippen molar-refractivity contribution in [3.63, 3.8) is 0 Å². The largest absolute Gasteiger partial charge is 0.423 e. The highest BCUT2D eigenvalue weighted by molar-refractivity contribution is 6.30. The topological polar surface area (TPSA) is 26.3 Å². The van der Waals surface area contributed by atoms with E-state index in [2.05, 4.69) is 0 Å². The van der Waals surface area contributed by atoms with Gasteiger partial charge in [0.05, 0.1) is 5.56 Å². The fraction of sp³-hybridized carbons (Fsp3) is 0.0500. The molecule has 0 spiro atoms. The molecule has 0 aliphatic heterocycles. The molecule has 0 N–H and O–H groups in total. The van der Waals surface area contributed by atoms with Crippen molar-refractivity contribution in [2.45, 2.75) is 6.42 Å². The first kappa shape index (κ1) is 17.1. The SMILES string of the molecule is O=C(Oc1ccc(Cl)cc1Cc1ccccc1)c1ccc(F)cc1F. The zero-order chi connectivity index (χ0) is 17.8. The van der Waals surface area contributed by atoms with Crippen molar-refractivity contribution in [2.24, 2.45) is 0 Å². The molecule has 0 saturated heterocycles. The van der Waals surface area contributed by atoms with Gasteiger partial charge in [0, 0.05) is 23.1 Å². The van der Waals surface area contributed by atoms with Gasteiger partial charge < -0.3 is 4.74 Å². The highest BCUT2D eigenvalue weighted by atomic mass is 35.5. The van der Waals surface area contributed by atoms with Crippen LogP contribution < -0.4 is 4.74 Å². The zero-order valence-electron chi connectivity index (χ0n) is 13.0. The monoisotopic (exact) mass is 358 g/mol. The van der Waals surface area contributed by atoms with Crippen LogP contribution in [0.3, 0.4) is 0 Å². The van der Waals surface area contributed by atoms with Gasteiger partial charge in [0.15, 0.2) is 0 Å². The number of ether oxygens (including phenoxy) is 1. The van der Waals surface area contributed by atoms with Crippen molar-refractivity contribution >= 4 is 17.6 Å². The quantitative estimate of drug-likeness (QED) is 0.459. The number of esters is 1. The molecule has 5 heteroatoms. The fourth-order valence-electron chi connectivity index (χ4n) is 2.41. The number of carbonyl (C=O) groups excluding carboxylic acids is 1. The smallest absolute Gasteiger partial charge is 0.346 e. The van der Waals surface area contributed by atoms with Crippen LogP contribution in [0.5, 0.6) is 5.75 Å². The first-order chi connectivity index (χ1) is 12.0. The van der Waals surface area contributed by atoms with Crippen LogP contribution in [0.15, 0.2) is 66.7 Å². The molecule has 2 nitrogen and oxygen atoms in total. The minimum atomic E-state index is -0.969. The van der Waals surface area contributed by atoms with Gasteiger partial charge in [-0.3, -0.25) is 0 Å². The molecule has 25 heavy (non-hydrogen) atoms. The summed E-state index contributed by atoms with van der Waals surface area (Å²) in [6.07, 6.45) is 0.496. The van der Waals surface area contributed by atoms with Gasteiger partial charge in [-0.2, -0.15) is 0 Å². The third-order valence-electron chi connectivity index (χ3n) is 3.61. The summed E-state index contributed by atoms with van der Waals surface area (Å²) in [6, 6.07) is 17.1. The van der Waals surface area contributed by atoms with E-state index in [1.807, 2.05) is 30.3 Å². The molecule has 3 rings (SSSR count). The van der Waals surface area contributed by atoms with Crippen molar-refractivity contribution in [3.8, 4) is 5.75 Å². The number of hydrogen-bond acceptors (Lipinski definition) is 2. The molecule has 0 fully saturated rings. The van der Waals surface area contributed by atoms with Gasteiger partial charge in [-0.05, 0) is 35.9 Å². The molecule has 126 valence electrons. The highest BCUT2D eigenvalue weighted by Crippen LogP contribution is 2.26. The molecular formula is C20H13ClF2O2. The maximum absolute atomic E-state index is 13.8. The predicted molar refractivity (Wildman–Crippen MR) is 92.0 cm³/mol. The lowest BCUT2D eigenvalue weighted by molar-refractivity contribution is 0.0728. The molecule has 0 amide bonds. The summed E-state index contributed by atoms with van der Waals surface area (Å²) in [4.78, 5) is 12.2. The molecule has 3 aromatic rings. The van der Waals surface area contributed by atoms with Crippen LogP contribution in [-0.4, -0.2) is 5.97 Å². The normalized spacial score (nSPS) is 10.5. The van der Waals surface area contributed by atoms with Crippen LogP contribution in [0.2, 0.25) is 5.02 Å².